The third kappa shape index (κ3) is 7.10. The minimum Gasteiger partial charge on any atom is -0.453 e. The van der Waals surface area contributed by atoms with Gasteiger partial charge in [0.1, 0.15) is 18.3 Å². The second kappa shape index (κ2) is 13.4. The van der Waals surface area contributed by atoms with Crippen molar-refractivity contribution in [3.8, 4) is 0 Å². The maximum atomic E-state index is 11.6. The Labute approximate surface area is 204 Å². The lowest BCUT2D eigenvalue weighted by atomic mass is 9.84. The zero-order valence-electron chi connectivity index (χ0n) is 20.1. The number of aliphatic hydroxyl groups excluding tert-OH is 1. The van der Waals surface area contributed by atoms with E-state index in [4.69, 9.17) is 34.3 Å². The van der Waals surface area contributed by atoms with Crippen molar-refractivity contribution >= 4 is 17.0 Å². The molecule has 3 saturated heterocycles. The predicted octanol–water partition coefficient (Wildman–Crippen LogP) is -1.87. The molecule has 0 aliphatic carbocycles. The van der Waals surface area contributed by atoms with Crippen LogP contribution in [0.3, 0.4) is 0 Å². The summed E-state index contributed by atoms with van der Waals surface area (Å²) in [4.78, 5) is 19.9. The molecule has 0 radical (unpaired) electrons. The highest BCUT2D eigenvalue weighted by molar-refractivity contribution is 7.66. The number of thiol groups is 1. The van der Waals surface area contributed by atoms with Gasteiger partial charge < -0.3 is 49.2 Å². The molecule has 1 amide bonds. The number of alkyl carbamates (subject to hydrolysis) is 1. The number of hydrogen-bond acceptors (Lipinski definition) is 13. The molecular formula is C18H35N3O13S. The van der Waals surface area contributed by atoms with E-state index in [-0.39, 0.29) is 30.3 Å². The largest absolute Gasteiger partial charge is 0.453 e. The van der Waals surface area contributed by atoms with Crippen LogP contribution in [0.1, 0.15) is 20.8 Å². The van der Waals surface area contributed by atoms with Crippen molar-refractivity contribution in [2.24, 2.45) is 0 Å². The molecular weight excluding hydrogens is 498 g/mol. The Bertz CT molecular complexity index is 752. The fourth-order valence-electron chi connectivity index (χ4n) is 4.05. The normalized spacial score (nSPS) is 31.9. The number of quaternary nitrogens is 1. The van der Waals surface area contributed by atoms with Gasteiger partial charge in [-0.1, -0.05) is 0 Å². The van der Waals surface area contributed by atoms with E-state index in [1.807, 2.05) is 20.8 Å². The Balaban J connectivity index is 0.000000367. The standard InChI is InChI=1S/C12H19NO8.C6H16NO2S.NO3/c1-17-10(15)13-12(6-18-2-3-21-12)11(16)5-20-8-7(14)4-19-9(8)11;1-4-7(5-2,6-3)10(8)9;2-1(3)4/h7-9,14,16H,2-6H2,1H3,(H,13,15);10H,4-6H2,1-3H3;/q;+1;-1/t7-,8-,9+,11-,12?;;/m1../s1. The van der Waals surface area contributed by atoms with Gasteiger partial charge in [0.25, 0.3) is 10.9 Å². The molecule has 5 atom stereocenters. The van der Waals surface area contributed by atoms with Crippen molar-refractivity contribution in [1.82, 2.24) is 5.32 Å². The van der Waals surface area contributed by atoms with Gasteiger partial charge in [-0.15, -0.1) is 0 Å². The first-order chi connectivity index (χ1) is 16.4. The predicted molar refractivity (Wildman–Crippen MR) is 118 cm³/mol. The fraction of sp³-hybridized carbons (Fsp3) is 0.944. The Hall–Kier alpha value is -1.86. The molecule has 0 spiro atoms. The number of methoxy groups -OCH3 is 1. The number of carbonyl (C=O) groups excluding carboxylic acids is 1. The number of hydrogen-bond donors (Lipinski definition) is 4. The number of rotatable bonds is 6. The summed E-state index contributed by atoms with van der Waals surface area (Å²) in [5.41, 5.74) is -3.24. The van der Waals surface area contributed by atoms with Gasteiger partial charge in [0, 0.05) is 0 Å². The van der Waals surface area contributed by atoms with Gasteiger partial charge in [-0.2, -0.15) is 8.42 Å². The van der Waals surface area contributed by atoms with Gasteiger partial charge in [-0.05, 0) is 20.8 Å². The van der Waals surface area contributed by atoms with Crippen molar-refractivity contribution in [2.75, 3.05) is 59.8 Å². The summed E-state index contributed by atoms with van der Waals surface area (Å²) in [6, 6.07) is 0. The first kappa shape index (κ1) is 31.2. The highest BCUT2D eigenvalue weighted by Gasteiger charge is 2.67. The van der Waals surface area contributed by atoms with E-state index in [9.17, 15) is 23.4 Å². The van der Waals surface area contributed by atoms with E-state index >= 15 is 0 Å². The van der Waals surface area contributed by atoms with Gasteiger partial charge in [0.15, 0.2) is 5.60 Å². The maximum Gasteiger partial charge on any atom is 0.409 e. The topological polar surface area (TPSA) is 216 Å². The van der Waals surface area contributed by atoms with E-state index in [2.05, 4.69) is 10.1 Å². The van der Waals surface area contributed by atoms with Crippen LogP contribution in [0.15, 0.2) is 0 Å². The van der Waals surface area contributed by atoms with Gasteiger partial charge >= 0.3 is 6.09 Å². The van der Waals surface area contributed by atoms with Crippen LogP contribution in [-0.4, -0.2) is 123 Å². The third-order valence-electron chi connectivity index (χ3n) is 6.27. The van der Waals surface area contributed by atoms with Gasteiger partial charge in [-0.3, -0.25) is 5.32 Å². The minimum absolute atomic E-state index is 0.0484. The molecule has 3 aliphatic heterocycles. The molecule has 1 unspecified atom stereocenters. The summed E-state index contributed by atoms with van der Waals surface area (Å²) in [5, 5.41) is 38.1. The zero-order valence-corrected chi connectivity index (χ0v) is 21.0. The van der Waals surface area contributed by atoms with Crippen molar-refractivity contribution in [1.29, 1.82) is 0 Å². The van der Waals surface area contributed by atoms with Gasteiger partial charge in [0.2, 0.25) is 5.72 Å². The Kier molecular flexibility index (Phi) is 12.0. The Morgan fingerprint density at radius 3 is 2.14 bits per heavy atom. The Morgan fingerprint density at radius 1 is 1.17 bits per heavy atom. The molecule has 0 aromatic carbocycles. The van der Waals surface area contributed by atoms with Gasteiger partial charge in [0.05, 0.1) is 64.9 Å². The first-order valence-corrected chi connectivity index (χ1v) is 12.1. The molecule has 3 rings (SSSR count). The minimum atomic E-state index is -2.31. The van der Waals surface area contributed by atoms with Crippen LogP contribution in [0.2, 0.25) is 0 Å². The van der Waals surface area contributed by atoms with Crippen molar-refractivity contribution < 1.29 is 56.1 Å². The average molecular weight is 534 g/mol. The number of amides is 1. The summed E-state index contributed by atoms with van der Waals surface area (Å²) in [6.07, 6.45) is -3.09. The Morgan fingerprint density at radius 2 is 1.74 bits per heavy atom. The van der Waals surface area contributed by atoms with Crippen molar-refractivity contribution in [3.05, 3.63) is 15.3 Å². The summed E-state index contributed by atoms with van der Waals surface area (Å²) in [5.74, 6) is 0. The lowest BCUT2D eigenvalue weighted by Crippen LogP contribution is -2.74. The molecule has 206 valence electrons. The summed E-state index contributed by atoms with van der Waals surface area (Å²) >= 11 is 0. The smallest absolute Gasteiger partial charge is 0.409 e. The van der Waals surface area contributed by atoms with Crippen LogP contribution < -0.4 is 5.32 Å². The van der Waals surface area contributed by atoms with Crippen LogP contribution in [0.5, 0.6) is 0 Å². The highest BCUT2D eigenvalue weighted by atomic mass is 32.2. The second-order valence-corrected chi connectivity index (χ2v) is 9.20. The molecule has 0 aromatic heterocycles. The van der Waals surface area contributed by atoms with Crippen LogP contribution >= 0.6 is 0 Å². The first-order valence-electron chi connectivity index (χ1n) is 10.9. The maximum absolute atomic E-state index is 11.6. The summed E-state index contributed by atoms with van der Waals surface area (Å²) in [6.45, 7) is 8.06. The molecule has 3 aliphatic rings. The van der Waals surface area contributed by atoms with Gasteiger partial charge in [-0.25, -0.2) is 8.68 Å². The lowest BCUT2D eigenvalue weighted by molar-refractivity contribution is -0.796. The number of aliphatic hydroxyl groups is 2. The van der Waals surface area contributed by atoms with E-state index in [1.54, 1.807) is 0 Å². The molecule has 3 fully saturated rings. The third-order valence-corrected chi connectivity index (χ3v) is 7.81. The molecule has 0 saturated carbocycles. The lowest BCUT2D eigenvalue weighted by Gasteiger charge is -2.47. The number of ether oxygens (including phenoxy) is 5. The molecule has 0 aromatic rings. The van der Waals surface area contributed by atoms with Crippen LogP contribution in [0.4, 0.5) is 4.79 Å². The number of nitrogens with zero attached hydrogens (tertiary/aromatic N) is 2. The van der Waals surface area contributed by atoms with E-state index in [0.29, 0.717) is 26.2 Å². The fourth-order valence-corrected chi connectivity index (χ4v) is 4.74. The number of fused-ring (bicyclic) bond motifs is 1. The average Bonchev–Trinajstić information content (AvgIpc) is 3.37. The molecule has 3 heterocycles. The summed E-state index contributed by atoms with van der Waals surface area (Å²) in [7, 11) is -1.10. The van der Waals surface area contributed by atoms with Crippen molar-refractivity contribution in [3.63, 3.8) is 0 Å². The summed E-state index contributed by atoms with van der Waals surface area (Å²) < 4.78 is 48.1. The number of carbonyl (C=O) groups is 1. The van der Waals surface area contributed by atoms with Crippen LogP contribution in [0, 0.1) is 15.3 Å². The molecule has 16 nitrogen and oxygen atoms in total. The molecule has 3 N–H and O–H groups in total. The van der Waals surface area contributed by atoms with Crippen molar-refractivity contribution in [2.45, 2.75) is 50.4 Å². The second-order valence-electron chi connectivity index (χ2n) is 7.87. The van der Waals surface area contributed by atoms with E-state index < -0.39 is 51.7 Å². The van der Waals surface area contributed by atoms with Crippen LogP contribution in [-0.2, 0) is 34.6 Å². The van der Waals surface area contributed by atoms with Crippen LogP contribution in [0.25, 0.3) is 0 Å². The molecule has 0 bridgehead atoms. The molecule has 35 heavy (non-hydrogen) atoms. The van der Waals surface area contributed by atoms with E-state index in [0.717, 1.165) is 0 Å². The van der Waals surface area contributed by atoms with E-state index in [1.165, 1.54) is 7.11 Å². The monoisotopic (exact) mass is 533 g/mol. The quantitative estimate of drug-likeness (QED) is 0.127. The number of nitrogens with one attached hydrogen (secondary N) is 1. The SMILES string of the molecule is CC[N+](CC)(CC)[SH](=O)=O.COC(=O)NC1([C@@]2(O)CO[C@@H]3[C@H](O)CO[C@@H]32)COCCO1.O=[N+]([O-])[O-]. The zero-order chi connectivity index (χ0) is 26.9. The molecule has 17 heteroatoms. The highest BCUT2D eigenvalue weighted by Crippen LogP contribution is 2.42.